The highest BCUT2D eigenvalue weighted by atomic mass is 32.1. The highest BCUT2D eigenvalue weighted by Crippen LogP contribution is 2.20. The van der Waals surface area contributed by atoms with E-state index in [4.69, 9.17) is 4.74 Å². The van der Waals surface area contributed by atoms with Crippen molar-refractivity contribution in [2.45, 2.75) is 13.3 Å². The van der Waals surface area contributed by atoms with Gasteiger partial charge in [-0.1, -0.05) is 6.07 Å². The molecular weight excluding hydrogens is 336 g/mol. The number of pyridine rings is 1. The smallest absolute Gasteiger partial charge is 0.230 e. The van der Waals surface area contributed by atoms with Gasteiger partial charge in [0, 0.05) is 17.3 Å². The number of hydrogen-bond acceptors (Lipinski definition) is 6. The van der Waals surface area contributed by atoms with Crippen LogP contribution in [0.5, 0.6) is 5.75 Å². The quantitative estimate of drug-likeness (QED) is 0.674. The number of rotatable bonds is 7. The molecule has 0 spiro atoms. The van der Waals surface area contributed by atoms with E-state index in [0.717, 1.165) is 17.3 Å². The fourth-order valence-electron chi connectivity index (χ4n) is 2.16. The molecule has 0 atom stereocenters. The number of hydrogen-bond donors (Lipinski definition) is 2. The van der Waals surface area contributed by atoms with Crippen LogP contribution in [0.2, 0.25) is 0 Å². The maximum Gasteiger partial charge on any atom is 0.230 e. The van der Waals surface area contributed by atoms with Crippen molar-refractivity contribution in [3.63, 3.8) is 0 Å². The van der Waals surface area contributed by atoms with E-state index in [1.54, 1.807) is 6.20 Å². The summed E-state index contributed by atoms with van der Waals surface area (Å²) in [6.07, 6.45) is 1.93. The molecule has 3 rings (SSSR count). The van der Waals surface area contributed by atoms with Gasteiger partial charge < -0.3 is 15.4 Å². The van der Waals surface area contributed by atoms with Gasteiger partial charge in [0.15, 0.2) is 5.13 Å². The molecule has 2 heterocycles. The molecule has 3 aromatic rings. The van der Waals surface area contributed by atoms with Crippen molar-refractivity contribution < 1.29 is 9.53 Å². The third kappa shape index (κ3) is 5.02. The van der Waals surface area contributed by atoms with Crippen LogP contribution < -0.4 is 15.4 Å². The maximum absolute atomic E-state index is 12.1. The van der Waals surface area contributed by atoms with Crippen LogP contribution in [0.1, 0.15) is 12.6 Å². The number of nitrogens with zero attached hydrogens (tertiary/aromatic N) is 2. The summed E-state index contributed by atoms with van der Waals surface area (Å²) in [5.41, 5.74) is 1.45. The molecule has 25 heavy (non-hydrogen) atoms. The summed E-state index contributed by atoms with van der Waals surface area (Å²) >= 11 is 1.44. The molecule has 2 N–H and O–H groups in total. The molecule has 1 aromatic carbocycles. The van der Waals surface area contributed by atoms with E-state index in [9.17, 15) is 4.79 Å². The zero-order valence-corrected chi connectivity index (χ0v) is 14.5. The molecule has 7 heteroatoms. The van der Waals surface area contributed by atoms with E-state index in [1.165, 1.54) is 11.3 Å². The Hall–Kier alpha value is -2.93. The van der Waals surface area contributed by atoms with E-state index in [2.05, 4.69) is 20.6 Å². The first kappa shape index (κ1) is 16.9. The molecule has 0 radical (unpaired) electrons. The number of ether oxygens (including phenoxy) is 1. The van der Waals surface area contributed by atoms with Gasteiger partial charge in [0.1, 0.15) is 11.6 Å². The average molecular weight is 354 g/mol. The highest BCUT2D eigenvalue weighted by molar-refractivity contribution is 7.13. The minimum Gasteiger partial charge on any atom is -0.494 e. The molecule has 0 unspecified atom stereocenters. The first-order chi connectivity index (χ1) is 12.2. The molecule has 0 saturated heterocycles. The zero-order valence-electron chi connectivity index (χ0n) is 13.7. The number of thiazole rings is 1. The summed E-state index contributed by atoms with van der Waals surface area (Å²) in [5.74, 6) is 1.39. The number of carbonyl (C=O) groups is 1. The highest BCUT2D eigenvalue weighted by Gasteiger charge is 2.09. The van der Waals surface area contributed by atoms with Gasteiger partial charge in [-0.3, -0.25) is 4.79 Å². The second-order valence-corrected chi connectivity index (χ2v) is 6.02. The minimum atomic E-state index is -0.112. The van der Waals surface area contributed by atoms with Crippen molar-refractivity contribution >= 4 is 33.9 Å². The van der Waals surface area contributed by atoms with Crippen LogP contribution >= 0.6 is 11.3 Å². The standard InChI is InChI=1S/C18H18N4O2S/c1-2-24-15-8-6-13(7-9-15)20-17(23)11-14-12-25-18(21-14)22-16-5-3-4-10-19-16/h3-10,12H,2,11H2,1H3,(H,20,23)(H,19,21,22). The third-order valence-corrected chi connectivity index (χ3v) is 4.05. The van der Waals surface area contributed by atoms with Crippen LogP contribution in [0.25, 0.3) is 0 Å². The maximum atomic E-state index is 12.1. The van der Waals surface area contributed by atoms with Crippen molar-refractivity contribution in [3.8, 4) is 5.75 Å². The van der Waals surface area contributed by atoms with E-state index >= 15 is 0 Å². The van der Waals surface area contributed by atoms with E-state index in [0.29, 0.717) is 17.4 Å². The van der Waals surface area contributed by atoms with Gasteiger partial charge in [-0.25, -0.2) is 9.97 Å². The Balaban J connectivity index is 1.54. The number of benzene rings is 1. The second kappa shape index (κ2) is 8.25. The Kier molecular flexibility index (Phi) is 5.58. The van der Waals surface area contributed by atoms with E-state index < -0.39 is 0 Å². The monoisotopic (exact) mass is 354 g/mol. The van der Waals surface area contributed by atoms with Crippen molar-refractivity contribution in [2.75, 3.05) is 17.2 Å². The van der Waals surface area contributed by atoms with Crippen LogP contribution in [0, 0.1) is 0 Å². The lowest BCUT2D eigenvalue weighted by Gasteiger charge is -2.06. The first-order valence-corrected chi connectivity index (χ1v) is 8.76. The van der Waals surface area contributed by atoms with Crippen LogP contribution in [0.4, 0.5) is 16.6 Å². The first-order valence-electron chi connectivity index (χ1n) is 7.88. The minimum absolute atomic E-state index is 0.112. The Bertz CT molecular complexity index is 819. The normalized spacial score (nSPS) is 10.3. The molecule has 6 nitrogen and oxygen atoms in total. The van der Waals surface area contributed by atoms with Gasteiger partial charge in [0.2, 0.25) is 5.91 Å². The SMILES string of the molecule is CCOc1ccc(NC(=O)Cc2csc(Nc3ccccn3)n2)cc1. The lowest BCUT2D eigenvalue weighted by atomic mass is 10.2. The molecule has 128 valence electrons. The van der Waals surface area contributed by atoms with Crippen LogP contribution in [0.3, 0.4) is 0 Å². The third-order valence-electron chi connectivity index (χ3n) is 3.24. The van der Waals surface area contributed by atoms with Crippen molar-refractivity contribution in [1.29, 1.82) is 0 Å². The summed E-state index contributed by atoms with van der Waals surface area (Å²) in [6.45, 7) is 2.55. The molecule has 0 aliphatic heterocycles. The summed E-state index contributed by atoms with van der Waals surface area (Å²) in [6, 6.07) is 12.9. The number of aromatic nitrogens is 2. The van der Waals surface area contributed by atoms with Gasteiger partial charge in [0.05, 0.1) is 18.7 Å². The van der Waals surface area contributed by atoms with Crippen LogP contribution in [0.15, 0.2) is 54.0 Å². The molecule has 2 aromatic heterocycles. The summed E-state index contributed by atoms with van der Waals surface area (Å²) in [5, 5.41) is 8.55. The molecule has 0 aliphatic rings. The summed E-state index contributed by atoms with van der Waals surface area (Å²) in [4.78, 5) is 20.7. The summed E-state index contributed by atoms with van der Waals surface area (Å²) < 4.78 is 5.38. The van der Waals surface area contributed by atoms with Gasteiger partial charge in [0.25, 0.3) is 0 Å². The van der Waals surface area contributed by atoms with Crippen molar-refractivity contribution in [2.24, 2.45) is 0 Å². The number of nitrogens with one attached hydrogen (secondary N) is 2. The molecular formula is C18H18N4O2S. The van der Waals surface area contributed by atoms with E-state index in [-0.39, 0.29) is 12.3 Å². The van der Waals surface area contributed by atoms with Gasteiger partial charge >= 0.3 is 0 Å². The predicted molar refractivity (Wildman–Crippen MR) is 99.6 cm³/mol. The Labute approximate surface area is 149 Å². The largest absolute Gasteiger partial charge is 0.494 e. The van der Waals surface area contributed by atoms with Crippen LogP contribution in [-0.2, 0) is 11.2 Å². The second-order valence-electron chi connectivity index (χ2n) is 5.17. The van der Waals surface area contributed by atoms with E-state index in [1.807, 2.05) is 54.8 Å². The molecule has 0 saturated carbocycles. The average Bonchev–Trinajstić information content (AvgIpc) is 3.04. The number of amides is 1. The molecule has 0 bridgehead atoms. The zero-order chi connectivity index (χ0) is 17.5. The molecule has 0 fully saturated rings. The number of anilines is 3. The fraction of sp³-hybridized carbons (Fsp3) is 0.167. The Morgan fingerprint density at radius 3 is 2.76 bits per heavy atom. The van der Waals surface area contributed by atoms with Crippen molar-refractivity contribution in [3.05, 3.63) is 59.7 Å². The molecule has 0 aliphatic carbocycles. The number of carbonyl (C=O) groups excluding carboxylic acids is 1. The Morgan fingerprint density at radius 2 is 2.04 bits per heavy atom. The topological polar surface area (TPSA) is 76.1 Å². The van der Waals surface area contributed by atoms with Gasteiger partial charge in [-0.15, -0.1) is 11.3 Å². The van der Waals surface area contributed by atoms with Gasteiger partial charge in [-0.2, -0.15) is 0 Å². The lowest BCUT2D eigenvalue weighted by molar-refractivity contribution is -0.115. The summed E-state index contributed by atoms with van der Waals surface area (Å²) in [7, 11) is 0. The predicted octanol–water partition coefficient (Wildman–Crippen LogP) is 3.86. The van der Waals surface area contributed by atoms with Gasteiger partial charge in [-0.05, 0) is 43.3 Å². The van der Waals surface area contributed by atoms with Crippen LogP contribution in [-0.4, -0.2) is 22.5 Å². The Morgan fingerprint density at radius 1 is 1.20 bits per heavy atom. The fourth-order valence-corrected chi connectivity index (χ4v) is 2.88. The lowest BCUT2D eigenvalue weighted by Crippen LogP contribution is -2.14. The molecule has 1 amide bonds. The van der Waals surface area contributed by atoms with Crippen molar-refractivity contribution in [1.82, 2.24) is 9.97 Å².